The molecule has 90 valence electrons. The molecule has 0 bridgehead atoms. The topological polar surface area (TPSA) is 3.24 Å². The molecule has 1 heterocycles. The maximum absolute atomic E-state index is 4.39. The van der Waals surface area contributed by atoms with Crippen LogP contribution in [0, 0.1) is 0 Å². The third-order valence-corrected chi connectivity index (χ3v) is 4.70. The normalized spacial score (nSPS) is 22.6. The first-order chi connectivity index (χ1) is 8.26. The first-order valence-electron chi connectivity index (χ1n) is 6.78. The van der Waals surface area contributed by atoms with Gasteiger partial charge in [0, 0.05) is 23.8 Å². The van der Waals surface area contributed by atoms with Crippen LogP contribution in [0.2, 0.25) is 0 Å². The third-order valence-electron chi connectivity index (χ3n) is 4.70. The summed E-state index contributed by atoms with van der Waals surface area (Å²) in [5, 5.41) is 0. The summed E-state index contributed by atoms with van der Waals surface area (Å²) in [7, 11) is 2.17. The molecule has 3 rings (SSSR count). The maximum atomic E-state index is 4.39. The van der Waals surface area contributed by atoms with Crippen LogP contribution in [0.1, 0.15) is 44.1 Å². The van der Waals surface area contributed by atoms with Gasteiger partial charge in [0.05, 0.1) is 0 Å². The molecule has 1 aromatic carbocycles. The summed E-state index contributed by atoms with van der Waals surface area (Å²) in [5.74, 6) is 0. The molecule has 1 aliphatic heterocycles. The van der Waals surface area contributed by atoms with Gasteiger partial charge in [0.25, 0.3) is 0 Å². The molecule has 1 aromatic rings. The van der Waals surface area contributed by atoms with E-state index in [0.29, 0.717) is 0 Å². The minimum absolute atomic E-state index is 0.252. The van der Waals surface area contributed by atoms with Crippen LogP contribution in [0.25, 0.3) is 0 Å². The van der Waals surface area contributed by atoms with Crippen LogP contribution in [0.5, 0.6) is 0 Å². The molecule has 17 heavy (non-hydrogen) atoms. The van der Waals surface area contributed by atoms with Crippen LogP contribution in [0.4, 0.5) is 5.69 Å². The Kier molecular flexibility index (Phi) is 2.50. The Morgan fingerprint density at radius 3 is 2.41 bits per heavy atom. The summed E-state index contributed by atoms with van der Waals surface area (Å²) in [5.41, 5.74) is 4.47. The fraction of sp³-hybridized carbons (Fsp3) is 0.500. The zero-order chi connectivity index (χ0) is 11.9. The Hall–Kier alpha value is -1.24. The molecule has 1 saturated carbocycles. The van der Waals surface area contributed by atoms with Crippen LogP contribution >= 0.6 is 0 Å². The van der Waals surface area contributed by atoms with E-state index >= 15 is 0 Å². The van der Waals surface area contributed by atoms with E-state index in [1.807, 2.05) is 0 Å². The second kappa shape index (κ2) is 3.90. The van der Waals surface area contributed by atoms with Crippen molar-refractivity contribution in [2.75, 3.05) is 11.9 Å². The molecule has 0 aromatic heterocycles. The number of hydrogen-bond donors (Lipinski definition) is 0. The molecule has 1 spiro atoms. The lowest BCUT2D eigenvalue weighted by molar-refractivity contribution is 0.448. The molecule has 0 saturated heterocycles. The van der Waals surface area contributed by atoms with Crippen molar-refractivity contribution in [3.63, 3.8) is 0 Å². The van der Waals surface area contributed by atoms with Crippen LogP contribution in [0.3, 0.4) is 0 Å². The van der Waals surface area contributed by atoms with E-state index in [-0.39, 0.29) is 5.41 Å². The third kappa shape index (κ3) is 1.45. The van der Waals surface area contributed by atoms with Gasteiger partial charge in [0.15, 0.2) is 0 Å². The van der Waals surface area contributed by atoms with Gasteiger partial charge in [-0.25, -0.2) is 0 Å². The molecular formula is C16H21N. The summed E-state index contributed by atoms with van der Waals surface area (Å²) in [4.78, 5) is 2.31. The molecule has 1 heteroatoms. The Morgan fingerprint density at radius 1 is 1.06 bits per heavy atom. The molecule has 0 atom stereocenters. The number of anilines is 1. The van der Waals surface area contributed by atoms with Gasteiger partial charge in [-0.05, 0) is 24.5 Å². The van der Waals surface area contributed by atoms with Crippen LogP contribution in [0.15, 0.2) is 36.5 Å². The van der Waals surface area contributed by atoms with Crippen molar-refractivity contribution in [3.8, 4) is 0 Å². The quantitative estimate of drug-likeness (QED) is 0.640. The molecule has 0 N–H and O–H groups in total. The fourth-order valence-electron chi connectivity index (χ4n) is 3.68. The fourth-order valence-corrected chi connectivity index (χ4v) is 3.68. The van der Waals surface area contributed by atoms with E-state index < -0.39 is 0 Å². The Labute approximate surface area is 104 Å². The highest BCUT2D eigenvalue weighted by molar-refractivity contribution is 5.69. The van der Waals surface area contributed by atoms with Crippen molar-refractivity contribution in [2.24, 2.45) is 0 Å². The van der Waals surface area contributed by atoms with Gasteiger partial charge in [-0.15, -0.1) is 0 Å². The molecule has 2 aliphatic rings. The van der Waals surface area contributed by atoms with E-state index in [1.165, 1.54) is 55.5 Å². The van der Waals surface area contributed by atoms with Crippen LogP contribution < -0.4 is 4.90 Å². The second-order valence-corrected chi connectivity index (χ2v) is 5.52. The molecular weight excluding hydrogens is 206 g/mol. The molecule has 1 fully saturated rings. The molecule has 0 unspecified atom stereocenters. The molecule has 1 nitrogen and oxygen atoms in total. The lowest BCUT2D eigenvalue weighted by Crippen LogP contribution is -2.28. The standard InChI is InChI=1S/C16H21N/c1-13-16(11-7-3-4-8-12-16)14-9-5-6-10-15(14)17(13)2/h5-6,9-10H,1,3-4,7-8,11-12H2,2H3. The van der Waals surface area contributed by atoms with E-state index in [4.69, 9.17) is 0 Å². The summed E-state index contributed by atoms with van der Waals surface area (Å²) in [6, 6.07) is 8.87. The maximum Gasteiger partial charge on any atom is 0.0448 e. The van der Waals surface area contributed by atoms with E-state index in [1.54, 1.807) is 0 Å². The van der Waals surface area contributed by atoms with Crippen molar-refractivity contribution in [3.05, 3.63) is 42.1 Å². The molecule has 0 radical (unpaired) electrons. The Balaban J connectivity index is 2.12. The number of allylic oxidation sites excluding steroid dienone is 1. The highest BCUT2D eigenvalue weighted by Crippen LogP contribution is 2.53. The van der Waals surface area contributed by atoms with Crippen LogP contribution in [-0.2, 0) is 5.41 Å². The van der Waals surface area contributed by atoms with Gasteiger partial charge < -0.3 is 4.90 Å². The van der Waals surface area contributed by atoms with Gasteiger partial charge >= 0.3 is 0 Å². The van der Waals surface area contributed by atoms with Gasteiger partial charge in [-0.2, -0.15) is 0 Å². The van der Waals surface area contributed by atoms with Crippen molar-refractivity contribution < 1.29 is 0 Å². The SMILES string of the molecule is C=C1N(C)c2ccccc2C12CCCCCC2. The van der Waals surface area contributed by atoms with Gasteiger partial charge in [0.1, 0.15) is 0 Å². The van der Waals surface area contributed by atoms with Crippen molar-refractivity contribution in [1.29, 1.82) is 0 Å². The van der Waals surface area contributed by atoms with Gasteiger partial charge in [-0.1, -0.05) is 50.5 Å². The number of hydrogen-bond acceptors (Lipinski definition) is 1. The van der Waals surface area contributed by atoms with Crippen molar-refractivity contribution in [1.82, 2.24) is 0 Å². The first kappa shape index (κ1) is 10.9. The second-order valence-electron chi connectivity index (χ2n) is 5.52. The molecule has 0 amide bonds. The van der Waals surface area contributed by atoms with E-state index in [0.717, 1.165) is 0 Å². The van der Waals surface area contributed by atoms with Crippen LogP contribution in [-0.4, -0.2) is 7.05 Å². The average molecular weight is 227 g/mol. The monoisotopic (exact) mass is 227 g/mol. The summed E-state index contributed by atoms with van der Waals surface area (Å²) >= 11 is 0. The zero-order valence-corrected chi connectivity index (χ0v) is 10.7. The largest absolute Gasteiger partial charge is 0.348 e. The van der Waals surface area contributed by atoms with E-state index in [9.17, 15) is 0 Å². The van der Waals surface area contributed by atoms with Crippen molar-refractivity contribution >= 4 is 5.69 Å². The van der Waals surface area contributed by atoms with Gasteiger partial charge in [0.2, 0.25) is 0 Å². The number of benzene rings is 1. The Morgan fingerprint density at radius 2 is 1.71 bits per heavy atom. The summed E-state index contributed by atoms with van der Waals surface area (Å²) < 4.78 is 0. The minimum atomic E-state index is 0.252. The smallest absolute Gasteiger partial charge is 0.0448 e. The highest BCUT2D eigenvalue weighted by atomic mass is 15.2. The average Bonchev–Trinajstić information content (AvgIpc) is 2.57. The number of nitrogens with zero attached hydrogens (tertiary/aromatic N) is 1. The predicted molar refractivity (Wildman–Crippen MR) is 73.4 cm³/mol. The first-order valence-corrected chi connectivity index (χ1v) is 6.78. The van der Waals surface area contributed by atoms with Crippen molar-refractivity contribution in [2.45, 2.75) is 43.9 Å². The lowest BCUT2D eigenvalue weighted by Gasteiger charge is -2.31. The summed E-state index contributed by atoms with van der Waals surface area (Å²) in [6.07, 6.45) is 8.05. The number of fused-ring (bicyclic) bond motifs is 2. The predicted octanol–water partition coefficient (Wildman–Crippen LogP) is 4.24. The summed E-state index contributed by atoms with van der Waals surface area (Å²) in [6.45, 7) is 4.39. The zero-order valence-electron chi connectivity index (χ0n) is 10.7. The number of likely N-dealkylation sites (N-methyl/N-ethyl adjacent to an activating group) is 1. The Bertz CT molecular complexity index is 439. The number of para-hydroxylation sites is 1. The molecule has 1 aliphatic carbocycles. The van der Waals surface area contributed by atoms with Gasteiger partial charge in [-0.3, -0.25) is 0 Å². The highest BCUT2D eigenvalue weighted by Gasteiger charge is 2.44. The number of rotatable bonds is 0. The van der Waals surface area contributed by atoms with E-state index in [2.05, 4.69) is 42.8 Å². The minimum Gasteiger partial charge on any atom is -0.348 e. The lowest BCUT2D eigenvalue weighted by atomic mass is 9.74.